The zero-order valence-electron chi connectivity index (χ0n) is 14.0. The van der Waals surface area contributed by atoms with E-state index in [2.05, 4.69) is 23.6 Å². The molecule has 2 rings (SSSR count). The predicted molar refractivity (Wildman–Crippen MR) is 96.8 cm³/mol. The van der Waals surface area contributed by atoms with Gasteiger partial charge in [-0.1, -0.05) is 19.1 Å². The normalized spacial score (nSPS) is 10.2. The Labute approximate surface area is 138 Å². The highest BCUT2D eigenvalue weighted by molar-refractivity contribution is 5.50. The molecule has 2 aromatic rings. The van der Waals surface area contributed by atoms with Gasteiger partial charge in [0.1, 0.15) is 11.5 Å². The lowest BCUT2D eigenvalue weighted by molar-refractivity contribution is 0.317. The van der Waals surface area contributed by atoms with Crippen molar-refractivity contribution in [2.45, 2.75) is 20.3 Å². The molecular weight excluding hydrogens is 288 g/mol. The maximum atomic E-state index is 5.64. The van der Waals surface area contributed by atoms with Gasteiger partial charge in [-0.2, -0.15) is 0 Å². The van der Waals surface area contributed by atoms with Crippen LogP contribution in [0.15, 0.2) is 48.5 Å². The fourth-order valence-electron chi connectivity index (χ4n) is 2.19. The number of benzene rings is 2. The number of ether oxygens (including phenoxy) is 2. The molecule has 0 bridgehead atoms. The smallest absolute Gasteiger partial charge is 0.121 e. The van der Waals surface area contributed by atoms with Gasteiger partial charge in [-0.25, -0.2) is 0 Å². The first-order valence-electron chi connectivity index (χ1n) is 8.25. The molecule has 0 aliphatic rings. The largest absolute Gasteiger partial charge is 0.494 e. The van der Waals surface area contributed by atoms with Gasteiger partial charge in [0.2, 0.25) is 0 Å². The maximum Gasteiger partial charge on any atom is 0.121 e. The first-order valence-corrected chi connectivity index (χ1v) is 8.25. The highest BCUT2D eigenvalue weighted by atomic mass is 16.5. The Morgan fingerprint density at radius 1 is 0.783 bits per heavy atom. The van der Waals surface area contributed by atoms with Crippen LogP contribution in [0.1, 0.15) is 20.3 Å². The van der Waals surface area contributed by atoms with Gasteiger partial charge >= 0.3 is 0 Å². The van der Waals surface area contributed by atoms with Gasteiger partial charge in [0.15, 0.2) is 0 Å². The molecular formula is C19H26N2O2. The molecule has 124 valence electrons. The summed E-state index contributed by atoms with van der Waals surface area (Å²) in [6, 6.07) is 16.1. The van der Waals surface area contributed by atoms with E-state index in [1.165, 1.54) is 0 Å². The van der Waals surface area contributed by atoms with Gasteiger partial charge in [0.25, 0.3) is 0 Å². The molecule has 0 fully saturated rings. The minimum Gasteiger partial charge on any atom is -0.494 e. The van der Waals surface area contributed by atoms with Crippen molar-refractivity contribution in [1.82, 2.24) is 0 Å². The zero-order valence-corrected chi connectivity index (χ0v) is 14.0. The Kier molecular flexibility index (Phi) is 7.11. The number of anilines is 2. The summed E-state index contributed by atoms with van der Waals surface area (Å²) in [4.78, 5) is 0. The molecule has 0 saturated carbocycles. The minimum atomic E-state index is 0.682. The van der Waals surface area contributed by atoms with Crippen molar-refractivity contribution in [1.29, 1.82) is 0 Å². The molecule has 0 atom stereocenters. The molecule has 23 heavy (non-hydrogen) atoms. The molecule has 0 heterocycles. The fourth-order valence-corrected chi connectivity index (χ4v) is 2.19. The van der Waals surface area contributed by atoms with Crippen molar-refractivity contribution >= 4 is 11.4 Å². The van der Waals surface area contributed by atoms with Crippen LogP contribution in [-0.2, 0) is 0 Å². The molecule has 4 heteroatoms. The highest BCUT2D eigenvalue weighted by Crippen LogP contribution is 2.18. The van der Waals surface area contributed by atoms with Crippen molar-refractivity contribution in [3.63, 3.8) is 0 Å². The number of hydrogen-bond donors (Lipinski definition) is 2. The predicted octanol–water partition coefficient (Wildman–Crippen LogP) is 4.40. The monoisotopic (exact) mass is 314 g/mol. The van der Waals surface area contributed by atoms with E-state index in [0.717, 1.165) is 49.0 Å². The van der Waals surface area contributed by atoms with Crippen LogP contribution in [0.5, 0.6) is 11.5 Å². The first-order chi connectivity index (χ1) is 11.3. The van der Waals surface area contributed by atoms with Gasteiger partial charge < -0.3 is 20.1 Å². The van der Waals surface area contributed by atoms with E-state index >= 15 is 0 Å². The van der Waals surface area contributed by atoms with Crippen molar-refractivity contribution in [2.24, 2.45) is 0 Å². The third-order valence-electron chi connectivity index (χ3n) is 3.24. The molecule has 0 aromatic heterocycles. The van der Waals surface area contributed by atoms with E-state index in [4.69, 9.17) is 9.47 Å². The molecule has 0 aliphatic heterocycles. The summed E-state index contributed by atoms with van der Waals surface area (Å²) in [6.07, 6.45) is 1.02. The summed E-state index contributed by atoms with van der Waals surface area (Å²) in [5.74, 6) is 1.81. The van der Waals surface area contributed by atoms with Crippen LogP contribution in [-0.4, -0.2) is 26.3 Å². The molecule has 2 aromatic carbocycles. The molecule has 0 unspecified atom stereocenters. The zero-order chi connectivity index (χ0) is 16.3. The van der Waals surface area contributed by atoms with E-state index in [9.17, 15) is 0 Å². The molecule has 0 spiro atoms. The van der Waals surface area contributed by atoms with Crippen LogP contribution >= 0.6 is 0 Å². The van der Waals surface area contributed by atoms with Crippen LogP contribution in [0.25, 0.3) is 0 Å². The fraction of sp³-hybridized carbons (Fsp3) is 0.368. The molecule has 4 nitrogen and oxygen atoms in total. The molecule has 0 amide bonds. The van der Waals surface area contributed by atoms with E-state index in [1.54, 1.807) is 0 Å². The second-order valence-electron chi connectivity index (χ2n) is 5.19. The van der Waals surface area contributed by atoms with Crippen molar-refractivity contribution < 1.29 is 9.47 Å². The number of rotatable bonds is 10. The standard InChI is InChI=1S/C19H26N2O2/c1-3-13-23-19-10-6-8-17(15-19)21-12-11-20-16-7-5-9-18(14-16)22-4-2/h5-10,14-15,20-21H,3-4,11-13H2,1-2H3. The van der Waals surface area contributed by atoms with Crippen LogP contribution in [0, 0.1) is 0 Å². The Morgan fingerprint density at radius 3 is 1.87 bits per heavy atom. The third kappa shape index (κ3) is 6.10. The average molecular weight is 314 g/mol. The van der Waals surface area contributed by atoms with Crippen LogP contribution < -0.4 is 20.1 Å². The molecule has 0 radical (unpaired) electrons. The van der Waals surface area contributed by atoms with E-state index < -0.39 is 0 Å². The van der Waals surface area contributed by atoms with Gasteiger partial charge in [-0.3, -0.25) is 0 Å². The Morgan fingerprint density at radius 2 is 1.35 bits per heavy atom. The second-order valence-corrected chi connectivity index (χ2v) is 5.19. The van der Waals surface area contributed by atoms with E-state index in [1.807, 2.05) is 49.4 Å². The van der Waals surface area contributed by atoms with E-state index in [0.29, 0.717) is 6.61 Å². The molecule has 0 aliphatic carbocycles. The summed E-state index contributed by atoms with van der Waals surface area (Å²) in [6.45, 7) is 7.19. The number of nitrogens with one attached hydrogen (secondary N) is 2. The van der Waals surface area contributed by atoms with Gasteiger partial charge in [-0.05, 0) is 37.6 Å². The quantitative estimate of drug-likeness (QED) is 0.638. The summed E-state index contributed by atoms with van der Waals surface area (Å²) < 4.78 is 11.1. The minimum absolute atomic E-state index is 0.682. The number of hydrogen-bond acceptors (Lipinski definition) is 4. The van der Waals surface area contributed by atoms with Gasteiger partial charge in [-0.15, -0.1) is 0 Å². The summed E-state index contributed by atoms with van der Waals surface area (Å²) in [5.41, 5.74) is 2.14. The summed E-state index contributed by atoms with van der Waals surface area (Å²) >= 11 is 0. The Hall–Kier alpha value is -2.36. The van der Waals surface area contributed by atoms with Crippen molar-refractivity contribution in [2.75, 3.05) is 36.9 Å². The average Bonchev–Trinajstić information content (AvgIpc) is 2.58. The van der Waals surface area contributed by atoms with Crippen molar-refractivity contribution in [3.8, 4) is 11.5 Å². The lowest BCUT2D eigenvalue weighted by atomic mass is 10.3. The SMILES string of the molecule is CCCOc1cccc(NCCNc2cccc(OCC)c2)c1. The van der Waals surface area contributed by atoms with Crippen LogP contribution in [0.2, 0.25) is 0 Å². The highest BCUT2D eigenvalue weighted by Gasteiger charge is 1.98. The molecule has 2 N–H and O–H groups in total. The Balaban J connectivity index is 1.75. The first kappa shape index (κ1) is 17.0. The topological polar surface area (TPSA) is 42.5 Å². The van der Waals surface area contributed by atoms with Crippen molar-refractivity contribution in [3.05, 3.63) is 48.5 Å². The lowest BCUT2D eigenvalue weighted by Crippen LogP contribution is -2.13. The lowest BCUT2D eigenvalue weighted by Gasteiger charge is -2.11. The summed E-state index contributed by atoms with van der Waals surface area (Å²) in [5, 5.41) is 6.79. The van der Waals surface area contributed by atoms with Crippen LogP contribution in [0.3, 0.4) is 0 Å². The Bertz CT molecular complexity index is 587. The third-order valence-corrected chi connectivity index (χ3v) is 3.24. The maximum absolute atomic E-state index is 5.64. The van der Waals surface area contributed by atoms with Gasteiger partial charge in [0.05, 0.1) is 13.2 Å². The summed E-state index contributed by atoms with van der Waals surface area (Å²) in [7, 11) is 0. The molecule has 0 saturated heterocycles. The second kappa shape index (κ2) is 9.62. The van der Waals surface area contributed by atoms with Gasteiger partial charge in [0, 0.05) is 36.6 Å². The van der Waals surface area contributed by atoms with Crippen LogP contribution in [0.4, 0.5) is 11.4 Å². The van der Waals surface area contributed by atoms with E-state index in [-0.39, 0.29) is 0 Å².